The summed E-state index contributed by atoms with van der Waals surface area (Å²) in [5.41, 5.74) is 2.34. The Hall–Kier alpha value is -1.77. The molecule has 0 fully saturated rings. The van der Waals surface area contributed by atoms with Crippen LogP contribution in [0.5, 0.6) is 0 Å². The van der Waals surface area contributed by atoms with E-state index in [4.69, 9.17) is 4.74 Å². The highest BCUT2D eigenvalue weighted by molar-refractivity contribution is 5.69. The number of carbonyl (C=O) groups is 1. The number of methoxy groups -OCH3 is 1. The third-order valence-corrected chi connectivity index (χ3v) is 4.20. The summed E-state index contributed by atoms with van der Waals surface area (Å²) >= 11 is 0. The van der Waals surface area contributed by atoms with Crippen LogP contribution in [0.4, 0.5) is 4.79 Å². The lowest BCUT2D eigenvalue weighted by molar-refractivity contribution is 0.139. The van der Waals surface area contributed by atoms with E-state index in [2.05, 4.69) is 35.7 Å². The molecule has 2 atom stereocenters. The standard InChI is InChI=1S/C15H17NO2/c1-18-14(17)16-15-9-5-4-7-12(15)10-11-6-2-3-8-13(11)15/h2-6,8,12H,7,9-10H2,1H3,(H,16,17)/t12-,15+/m0/s1. The summed E-state index contributed by atoms with van der Waals surface area (Å²) in [4.78, 5) is 11.7. The predicted molar refractivity (Wildman–Crippen MR) is 69.2 cm³/mol. The molecule has 0 heterocycles. The quantitative estimate of drug-likeness (QED) is 0.770. The van der Waals surface area contributed by atoms with Gasteiger partial charge in [0.1, 0.15) is 0 Å². The molecule has 0 saturated carbocycles. The van der Waals surface area contributed by atoms with Crippen LogP contribution in [0.2, 0.25) is 0 Å². The molecule has 1 N–H and O–H groups in total. The summed E-state index contributed by atoms with van der Waals surface area (Å²) in [5, 5.41) is 3.09. The van der Waals surface area contributed by atoms with Gasteiger partial charge in [-0.15, -0.1) is 0 Å². The first-order chi connectivity index (χ1) is 8.76. The van der Waals surface area contributed by atoms with Crippen LogP contribution < -0.4 is 5.32 Å². The molecule has 0 spiro atoms. The second kappa shape index (κ2) is 4.16. The number of ether oxygens (including phenoxy) is 1. The normalized spacial score (nSPS) is 28.4. The van der Waals surface area contributed by atoms with E-state index in [9.17, 15) is 4.79 Å². The molecule has 2 aliphatic carbocycles. The molecule has 0 aliphatic heterocycles. The van der Waals surface area contributed by atoms with E-state index in [0.717, 1.165) is 19.3 Å². The van der Waals surface area contributed by atoms with Gasteiger partial charge in [-0.05, 0) is 36.3 Å². The molecular formula is C15H17NO2. The number of carbonyl (C=O) groups excluding carboxylic acids is 1. The van der Waals surface area contributed by atoms with Crippen molar-refractivity contribution in [2.45, 2.75) is 24.8 Å². The van der Waals surface area contributed by atoms with Crippen LogP contribution in [0.3, 0.4) is 0 Å². The molecule has 0 aromatic heterocycles. The van der Waals surface area contributed by atoms with Crippen LogP contribution in [0.25, 0.3) is 0 Å². The van der Waals surface area contributed by atoms with Gasteiger partial charge in [-0.2, -0.15) is 0 Å². The van der Waals surface area contributed by atoms with Crippen LogP contribution in [0.15, 0.2) is 36.4 Å². The molecule has 3 rings (SSSR count). The zero-order valence-corrected chi connectivity index (χ0v) is 10.5. The van der Waals surface area contributed by atoms with Crippen LogP contribution in [0.1, 0.15) is 24.0 Å². The van der Waals surface area contributed by atoms with E-state index in [1.165, 1.54) is 18.2 Å². The highest BCUT2D eigenvalue weighted by Gasteiger charge is 2.47. The van der Waals surface area contributed by atoms with Crippen molar-refractivity contribution < 1.29 is 9.53 Å². The van der Waals surface area contributed by atoms with E-state index in [-0.39, 0.29) is 11.6 Å². The Labute approximate surface area is 107 Å². The average molecular weight is 243 g/mol. The van der Waals surface area contributed by atoms with Gasteiger partial charge in [-0.25, -0.2) is 4.79 Å². The fraction of sp³-hybridized carbons (Fsp3) is 0.400. The first-order valence-corrected chi connectivity index (χ1v) is 6.36. The SMILES string of the molecule is COC(=O)N[C@]12CC=CC[C@H]1Cc1ccccc12. The zero-order valence-electron chi connectivity index (χ0n) is 10.5. The number of benzene rings is 1. The van der Waals surface area contributed by atoms with E-state index in [1.807, 2.05) is 6.07 Å². The molecule has 18 heavy (non-hydrogen) atoms. The smallest absolute Gasteiger partial charge is 0.407 e. The van der Waals surface area contributed by atoms with Gasteiger partial charge < -0.3 is 10.1 Å². The topological polar surface area (TPSA) is 38.3 Å². The monoisotopic (exact) mass is 243 g/mol. The van der Waals surface area contributed by atoms with Crippen molar-refractivity contribution in [2.24, 2.45) is 5.92 Å². The molecule has 0 saturated heterocycles. The van der Waals surface area contributed by atoms with Gasteiger partial charge in [0.2, 0.25) is 0 Å². The van der Waals surface area contributed by atoms with Gasteiger partial charge in [0.25, 0.3) is 0 Å². The minimum atomic E-state index is -0.341. The Kier molecular flexibility index (Phi) is 2.62. The zero-order chi connectivity index (χ0) is 12.6. The largest absolute Gasteiger partial charge is 0.453 e. The van der Waals surface area contributed by atoms with Gasteiger partial charge in [0.05, 0.1) is 12.6 Å². The molecular weight excluding hydrogens is 226 g/mol. The molecule has 2 aliphatic rings. The van der Waals surface area contributed by atoms with Gasteiger partial charge in [0, 0.05) is 0 Å². The van der Waals surface area contributed by atoms with Crippen molar-refractivity contribution in [3.63, 3.8) is 0 Å². The number of nitrogens with one attached hydrogen (secondary N) is 1. The van der Waals surface area contributed by atoms with Crippen molar-refractivity contribution in [2.75, 3.05) is 7.11 Å². The maximum absolute atomic E-state index is 11.7. The Morgan fingerprint density at radius 1 is 1.39 bits per heavy atom. The number of amides is 1. The van der Waals surface area contributed by atoms with Crippen LogP contribution in [-0.2, 0) is 16.7 Å². The molecule has 3 nitrogen and oxygen atoms in total. The van der Waals surface area contributed by atoms with Crippen LogP contribution >= 0.6 is 0 Å². The van der Waals surface area contributed by atoms with Crippen LogP contribution in [-0.4, -0.2) is 13.2 Å². The number of hydrogen-bond acceptors (Lipinski definition) is 2. The van der Waals surface area contributed by atoms with E-state index >= 15 is 0 Å². The molecule has 0 radical (unpaired) electrons. The summed E-state index contributed by atoms with van der Waals surface area (Å²) in [5.74, 6) is 0.444. The average Bonchev–Trinajstić information content (AvgIpc) is 2.73. The number of rotatable bonds is 1. The van der Waals surface area contributed by atoms with Gasteiger partial charge in [0.15, 0.2) is 0 Å². The van der Waals surface area contributed by atoms with Crippen LogP contribution in [0, 0.1) is 5.92 Å². The highest BCUT2D eigenvalue weighted by Crippen LogP contribution is 2.47. The Morgan fingerprint density at radius 3 is 3.06 bits per heavy atom. The fourth-order valence-corrected chi connectivity index (χ4v) is 3.34. The maximum Gasteiger partial charge on any atom is 0.407 e. The van der Waals surface area contributed by atoms with Gasteiger partial charge >= 0.3 is 6.09 Å². The molecule has 0 unspecified atom stereocenters. The van der Waals surface area contributed by atoms with E-state index in [1.54, 1.807) is 0 Å². The minimum absolute atomic E-state index is 0.265. The Morgan fingerprint density at radius 2 is 2.22 bits per heavy atom. The highest BCUT2D eigenvalue weighted by atomic mass is 16.5. The molecule has 1 aromatic carbocycles. The summed E-state index contributed by atoms with van der Waals surface area (Å²) in [6, 6.07) is 8.40. The molecule has 1 aromatic rings. The summed E-state index contributed by atoms with van der Waals surface area (Å²) in [6.45, 7) is 0. The first kappa shape index (κ1) is 11.3. The van der Waals surface area contributed by atoms with Gasteiger partial charge in [-0.3, -0.25) is 0 Å². The lowest BCUT2D eigenvalue weighted by Crippen LogP contribution is -2.49. The summed E-state index contributed by atoms with van der Waals surface area (Å²) in [7, 11) is 1.42. The number of alkyl carbamates (subject to hydrolysis) is 1. The van der Waals surface area contributed by atoms with Crippen molar-refractivity contribution >= 4 is 6.09 Å². The summed E-state index contributed by atoms with van der Waals surface area (Å²) < 4.78 is 4.80. The maximum atomic E-state index is 11.7. The van der Waals surface area contributed by atoms with Gasteiger partial charge in [-0.1, -0.05) is 36.4 Å². The number of hydrogen-bond donors (Lipinski definition) is 1. The van der Waals surface area contributed by atoms with E-state index in [0.29, 0.717) is 5.92 Å². The first-order valence-electron chi connectivity index (χ1n) is 6.36. The lowest BCUT2D eigenvalue weighted by Gasteiger charge is -2.38. The fourth-order valence-electron chi connectivity index (χ4n) is 3.34. The van der Waals surface area contributed by atoms with Crippen molar-refractivity contribution in [1.82, 2.24) is 5.32 Å². The predicted octanol–water partition coefficient (Wildman–Crippen LogP) is 2.76. The van der Waals surface area contributed by atoms with Crippen molar-refractivity contribution in [1.29, 1.82) is 0 Å². The third-order valence-electron chi connectivity index (χ3n) is 4.20. The third kappa shape index (κ3) is 1.54. The van der Waals surface area contributed by atoms with Crippen molar-refractivity contribution in [3.8, 4) is 0 Å². The number of allylic oxidation sites excluding steroid dienone is 1. The van der Waals surface area contributed by atoms with Crippen molar-refractivity contribution in [3.05, 3.63) is 47.5 Å². The minimum Gasteiger partial charge on any atom is -0.453 e. The Bertz CT molecular complexity index is 509. The Balaban J connectivity index is 2.05. The second-order valence-electron chi connectivity index (χ2n) is 5.06. The number of fused-ring (bicyclic) bond motifs is 3. The lowest BCUT2D eigenvalue weighted by atomic mass is 9.76. The second-order valence-corrected chi connectivity index (χ2v) is 5.06. The van der Waals surface area contributed by atoms with E-state index < -0.39 is 0 Å². The molecule has 0 bridgehead atoms. The molecule has 94 valence electrons. The molecule has 1 amide bonds. The molecule has 3 heteroatoms. The summed E-state index contributed by atoms with van der Waals surface area (Å²) in [6.07, 6.45) is 6.93.